The number of piperazine rings is 1. The number of nitrogens with one attached hydrogen (secondary N) is 1. The van der Waals surface area contributed by atoms with Crippen LogP contribution in [0.25, 0.3) is 0 Å². The third-order valence-electron chi connectivity index (χ3n) is 3.55. The Morgan fingerprint density at radius 1 is 1.58 bits per heavy atom. The van der Waals surface area contributed by atoms with Gasteiger partial charge in [0.2, 0.25) is 0 Å². The van der Waals surface area contributed by atoms with Crippen LogP contribution in [0.15, 0.2) is 24.3 Å². The predicted octanol–water partition coefficient (Wildman–Crippen LogP) is 0.801. The first-order chi connectivity index (χ1) is 9.08. The Balaban J connectivity index is 1.99. The van der Waals surface area contributed by atoms with E-state index in [2.05, 4.69) is 17.3 Å². The number of benzene rings is 1. The summed E-state index contributed by atoms with van der Waals surface area (Å²) >= 11 is 0. The lowest BCUT2D eigenvalue weighted by Gasteiger charge is -2.35. The number of amides is 1. The molecule has 2 rings (SSSR count). The van der Waals surface area contributed by atoms with Gasteiger partial charge in [0.1, 0.15) is 5.82 Å². The molecule has 0 bridgehead atoms. The maximum Gasteiger partial charge on any atom is 0.253 e. The fourth-order valence-electron chi connectivity index (χ4n) is 2.31. The second-order valence-electron chi connectivity index (χ2n) is 5.03. The van der Waals surface area contributed by atoms with Crippen LogP contribution in [0.3, 0.4) is 0 Å². The average molecular weight is 265 g/mol. The molecule has 1 fully saturated rings. The third-order valence-corrected chi connectivity index (χ3v) is 3.55. The number of carbonyl (C=O) groups excluding carboxylic acids is 1. The van der Waals surface area contributed by atoms with Crippen LogP contribution in [0.2, 0.25) is 0 Å². The van der Waals surface area contributed by atoms with E-state index >= 15 is 0 Å². The van der Waals surface area contributed by atoms with Gasteiger partial charge in [-0.15, -0.1) is 0 Å². The smallest absolute Gasteiger partial charge is 0.253 e. The molecule has 1 saturated heterocycles. The van der Waals surface area contributed by atoms with Gasteiger partial charge in [0.25, 0.3) is 5.91 Å². The second-order valence-corrected chi connectivity index (χ2v) is 5.03. The van der Waals surface area contributed by atoms with E-state index in [9.17, 15) is 9.18 Å². The summed E-state index contributed by atoms with van der Waals surface area (Å²) in [5.41, 5.74) is 0.397. The maximum absolute atomic E-state index is 13.1. The number of likely N-dealkylation sites (N-methyl/N-ethyl adjacent to an activating group) is 2. The summed E-state index contributed by atoms with van der Waals surface area (Å²) in [4.78, 5) is 16.1. The van der Waals surface area contributed by atoms with E-state index in [0.717, 1.165) is 19.6 Å². The molecule has 1 aromatic carbocycles. The van der Waals surface area contributed by atoms with Crippen molar-refractivity contribution >= 4 is 5.91 Å². The highest BCUT2D eigenvalue weighted by molar-refractivity contribution is 5.94. The zero-order chi connectivity index (χ0) is 13.8. The topological polar surface area (TPSA) is 35.6 Å². The van der Waals surface area contributed by atoms with Crippen LogP contribution in [0, 0.1) is 5.82 Å². The molecule has 0 radical (unpaired) electrons. The van der Waals surface area contributed by atoms with E-state index in [4.69, 9.17) is 0 Å². The molecule has 1 aromatic rings. The molecule has 0 spiro atoms. The van der Waals surface area contributed by atoms with E-state index in [-0.39, 0.29) is 11.7 Å². The second kappa shape index (κ2) is 6.12. The summed E-state index contributed by atoms with van der Waals surface area (Å²) in [6.45, 7) is 3.47. The van der Waals surface area contributed by atoms with Gasteiger partial charge in [-0.3, -0.25) is 9.69 Å². The molecule has 1 unspecified atom stereocenters. The number of carbonyl (C=O) groups is 1. The van der Waals surface area contributed by atoms with Crippen LogP contribution in [0.4, 0.5) is 4.39 Å². The average Bonchev–Trinajstić information content (AvgIpc) is 2.40. The summed E-state index contributed by atoms with van der Waals surface area (Å²) in [5, 5.41) is 3.32. The van der Waals surface area contributed by atoms with Crippen LogP contribution >= 0.6 is 0 Å². The molecule has 4 nitrogen and oxygen atoms in total. The zero-order valence-corrected chi connectivity index (χ0v) is 11.4. The standard InChI is InChI=1S/C14H20FN3O/c1-17-7-6-16-9-13(17)10-18(2)14(19)11-4-3-5-12(15)8-11/h3-5,8,13,16H,6-7,9-10H2,1-2H3. The highest BCUT2D eigenvalue weighted by atomic mass is 19.1. The van der Waals surface area contributed by atoms with Crippen molar-refractivity contribution in [2.45, 2.75) is 6.04 Å². The van der Waals surface area contributed by atoms with Crippen molar-refractivity contribution in [3.63, 3.8) is 0 Å². The normalized spacial score (nSPS) is 20.3. The third kappa shape index (κ3) is 3.52. The molecule has 0 aromatic heterocycles. The Hall–Kier alpha value is -1.46. The molecular formula is C14H20FN3O. The van der Waals surface area contributed by atoms with E-state index in [1.54, 1.807) is 24.1 Å². The minimum Gasteiger partial charge on any atom is -0.340 e. The van der Waals surface area contributed by atoms with Crippen molar-refractivity contribution in [2.24, 2.45) is 0 Å². The van der Waals surface area contributed by atoms with E-state index in [1.165, 1.54) is 12.1 Å². The van der Waals surface area contributed by atoms with Crippen LogP contribution in [0.5, 0.6) is 0 Å². The van der Waals surface area contributed by atoms with Crippen molar-refractivity contribution in [3.05, 3.63) is 35.6 Å². The Labute approximate surface area is 113 Å². The summed E-state index contributed by atoms with van der Waals surface area (Å²) in [7, 11) is 3.82. The fraction of sp³-hybridized carbons (Fsp3) is 0.500. The van der Waals surface area contributed by atoms with Gasteiger partial charge in [-0.2, -0.15) is 0 Å². The van der Waals surface area contributed by atoms with Gasteiger partial charge in [0.05, 0.1) is 0 Å². The van der Waals surface area contributed by atoms with Gasteiger partial charge < -0.3 is 10.2 Å². The highest BCUT2D eigenvalue weighted by Gasteiger charge is 2.22. The number of hydrogen-bond acceptors (Lipinski definition) is 3. The first-order valence-corrected chi connectivity index (χ1v) is 6.50. The minimum atomic E-state index is -0.379. The van der Waals surface area contributed by atoms with Gasteiger partial charge in [0.15, 0.2) is 0 Å². The van der Waals surface area contributed by atoms with Crippen molar-refractivity contribution in [1.82, 2.24) is 15.1 Å². The van der Waals surface area contributed by atoms with E-state index in [0.29, 0.717) is 18.2 Å². The molecule has 5 heteroatoms. The van der Waals surface area contributed by atoms with Crippen molar-refractivity contribution < 1.29 is 9.18 Å². The van der Waals surface area contributed by atoms with Crippen molar-refractivity contribution in [3.8, 4) is 0 Å². The van der Waals surface area contributed by atoms with Crippen LogP contribution in [0.1, 0.15) is 10.4 Å². The molecule has 0 aliphatic carbocycles. The number of halogens is 1. The Morgan fingerprint density at radius 3 is 3.05 bits per heavy atom. The summed E-state index contributed by atoms with van der Waals surface area (Å²) in [5.74, 6) is -0.519. The van der Waals surface area contributed by atoms with Crippen LogP contribution in [-0.2, 0) is 0 Å². The largest absolute Gasteiger partial charge is 0.340 e. The monoisotopic (exact) mass is 265 g/mol. The minimum absolute atomic E-state index is 0.140. The molecular weight excluding hydrogens is 245 g/mol. The number of hydrogen-bond donors (Lipinski definition) is 1. The predicted molar refractivity (Wildman–Crippen MR) is 72.6 cm³/mol. The first-order valence-electron chi connectivity index (χ1n) is 6.50. The Morgan fingerprint density at radius 2 is 2.37 bits per heavy atom. The molecule has 1 aliphatic heterocycles. The SMILES string of the molecule is CN(CC1CNCCN1C)C(=O)c1cccc(F)c1. The lowest BCUT2D eigenvalue weighted by atomic mass is 10.1. The lowest BCUT2D eigenvalue weighted by Crippen LogP contribution is -2.54. The quantitative estimate of drug-likeness (QED) is 0.878. The first kappa shape index (κ1) is 14.0. The Bertz CT molecular complexity index is 452. The van der Waals surface area contributed by atoms with Gasteiger partial charge in [-0.1, -0.05) is 6.07 Å². The molecule has 1 aliphatic rings. The highest BCUT2D eigenvalue weighted by Crippen LogP contribution is 2.09. The van der Waals surface area contributed by atoms with Gasteiger partial charge >= 0.3 is 0 Å². The molecule has 1 heterocycles. The number of nitrogens with zero attached hydrogens (tertiary/aromatic N) is 2. The maximum atomic E-state index is 13.1. The van der Waals surface area contributed by atoms with Gasteiger partial charge in [-0.05, 0) is 25.2 Å². The molecule has 1 atom stereocenters. The number of rotatable bonds is 3. The lowest BCUT2D eigenvalue weighted by molar-refractivity contribution is 0.0728. The summed E-state index contributed by atoms with van der Waals surface area (Å²) < 4.78 is 13.1. The van der Waals surface area contributed by atoms with E-state index < -0.39 is 0 Å². The molecule has 0 saturated carbocycles. The van der Waals surface area contributed by atoms with Crippen LogP contribution in [-0.4, -0.2) is 62.0 Å². The van der Waals surface area contributed by atoms with Crippen LogP contribution < -0.4 is 5.32 Å². The summed E-state index contributed by atoms with van der Waals surface area (Å²) in [6.07, 6.45) is 0. The van der Waals surface area contributed by atoms with Gasteiger partial charge in [0, 0.05) is 44.8 Å². The molecule has 19 heavy (non-hydrogen) atoms. The van der Waals surface area contributed by atoms with Crippen molar-refractivity contribution in [1.29, 1.82) is 0 Å². The molecule has 104 valence electrons. The molecule has 1 N–H and O–H groups in total. The van der Waals surface area contributed by atoms with Gasteiger partial charge in [-0.25, -0.2) is 4.39 Å². The Kier molecular flexibility index (Phi) is 4.50. The van der Waals surface area contributed by atoms with Crippen molar-refractivity contribution in [2.75, 3.05) is 40.3 Å². The zero-order valence-electron chi connectivity index (χ0n) is 11.4. The molecule has 1 amide bonds. The fourth-order valence-corrected chi connectivity index (χ4v) is 2.31. The van der Waals surface area contributed by atoms with E-state index in [1.807, 2.05) is 0 Å². The summed E-state index contributed by atoms with van der Waals surface area (Å²) in [6, 6.07) is 6.13.